The van der Waals surface area contributed by atoms with Gasteiger partial charge in [0.25, 0.3) is 0 Å². The lowest BCUT2D eigenvalue weighted by Gasteiger charge is -2.11. The molecule has 0 unspecified atom stereocenters. The van der Waals surface area contributed by atoms with Crippen molar-refractivity contribution in [3.05, 3.63) is 59.4 Å². The summed E-state index contributed by atoms with van der Waals surface area (Å²) in [4.78, 5) is 0. The van der Waals surface area contributed by atoms with Gasteiger partial charge in [0, 0.05) is 6.07 Å². The molecule has 0 atom stereocenters. The Balaban J connectivity index is 2.24. The van der Waals surface area contributed by atoms with Gasteiger partial charge in [0.15, 0.2) is 17.3 Å². The van der Waals surface area contributed by atoms with Gasteiger partial charge in [0.2, 0.25) is 0 Å². The molecule has 0 aromatic heterocycles. The number of hydrogen-bond donors (Lipinski definition) is 0. The van der Waals surface area contributed by atoms with Crippen LogP contribution in [0.4, 0.5) is 4.39 Å². The lowest BCUT2D eigenvalue weighted by atomic mass is 10.2. The third-order valence-electron chi connectivity index (χ3n) is 2.58. The minimum atomic E-state index is -0.607. The predicted octanol–water partition coefficient (Wildman–Crippen LogP) is 3.28. The summed E-state index contributed by atoms with van der Waals surface area (Å²) in [5, 5.41) is 8.82. The highest BCUT2D eigenvalue weighted by Crippen LogP contribution is 2.32. The predicted molar refractivity (Wildman–Crippen MR) is 68.4 cm³/mol. The van der Waals surface area contributed by atoms with E-state index in [0.29, 0.717) is 0 Å². The van der Waals surface area contributed by atoms with Crippen LogP contribution in [0.5, 0.6) is 11.5 Å². The quantitative estimate of drug-likeness (QED) is 0.844. The molecule has 2 aromatic carbocycles. The molecule has 96 valence electrons. The van der Waals surface area contributed by atoms with Crippen molar-refractivity contribution in [2.75, 3.05) is 7.11 Å². The van der Waals surface area contributed by atoms with Crippen molar-refractivity contribution in [3.8, 4) is 17.6 Å². The van der Waals surface area contributed by atoms with E-state index in [1.54, 1.807) is 0 Å². The highest BCUT2D eigenvalue weighted by molar-refractivity contribution is 5.48. The van der Waals surface area contributed by atoms with Gasteiger partial charge < -0.3 is 9.47 Å². The van der Waals surface area contributed by atoms with Gasteiger partial charge in [0.1, 0.15) is 6.61 Å². The van der Waals surface area contributed by atoms with Crippen LogP contribution in [-0.2, 0) is 6.61 Å². The minimum absolute atomic E-state index is 0.00920. The van der Waals surface area contributed by atoms with E-state index < -0.39 is 5.82 Å². The van der Waals surface area contributed by atoms with E-state index in [0.717, 1.165) is 11.6 Å². The smallest absolute Gasteiger partial charge is 0.196 e. The van der Waals surface area contributed by atoms with Crippen LogP contribution < -0.4 is 9.47 Å². The maximum absolute atomic E-state index is 13.7. The van der Waals surface area contributed by atoms with Crippen LogP contribution in [0.3, 0.4) is 0 Å². The molecular weight excluding hydrogens is 245 g/mol. The van der Waals surface area contributed by atoms with Gasteiger partial charge in [-0.2, -0.15) is 5.26 Å². The Labute approximate surface area is 110 Å². The van der Waals surface area contributed by atoms with Crippen molar-refractivity contribution in [3.63, 3.8) is 0 Å². The average molecular weight is 257 g/mol. The lowest BCUT2D eigenvalue weighted by Crippen LogP contribution is -2.00. The van der Waals surface area contributed by atoms with Crippen molar-refractivity contribution in [2.24, 2.45) is 0 Å². The summed E-state index contributed by atoms with van der Waals surface area (Å²) in [5.74, 6) is -0.373. The van der Waals surface area contributed by atoms with Gasteiger partial charge in [-0.1, -0.05) is 30.3 Å². The number of nitrogens with zero attached hydrogens (tertiary/aromatic N) is 1. The Kier molecular flexibility index (Phi) is 3.99. The number of rotatable bonds is 4. The average Bonchev–Trinajstić information content (AvgIpc) is 2.45. The zero-order valence-corrected chi connectivity index (χ0v) is 10.4. The Morgan fingerprint density at radius 3 is 2.58 bits per heavy atom. The molecule has 0 aliphatic rings. The highest BCUT2D eigenvalue weighted by atomic mass is 19.1. The van der Waals surface area contributed by atoms with E-state index in [1.807, 2.05) is 36.4 Å². The molecule has 4 heteroatoms. The maximum atomic E-state index is 13.7. The minimum Gasteiger partial charge on any atom is -0.490 e. The van der Waals surface area contributed by atoms with E-state index in [-0.39, 0.29) is 23.7 Å². The van der Waals surface area contributed by atoms with E-state index in [4.69, 9.17) is 14.7 Å². The molecule has 0 spiro atoms. The van der Waals surface area contributed by atoms with Gasteiger partial charge in [0.05, 0.1) is 18.7 Å². The van der Waals surface area contributed by atoms with E-state index in [1.165, 1.54) is 13.2 Å². The molecule has 19 heavy (non-hydrogen) atoms. The van der Waals surface area contributed by atoms with Crippen molar-refractivity contribution in [1.82, 2.24) is 0 Å². The summed E-state index contributed by atoms with van der Waals surface area (Å²) >= 11 is 0. The monoisotopic (exact) mass is 257 g/mol. The molecule has 3 nitrogen and oxygen atoms in total. The molecule has 0 saturated carbocycles. The zero-order valence-electron chi connectivity index (χ0n) is 10.4. The fourth-order valence-electron chi connectivity index (χ4n) is 1.67. The van der Waals surface area contributed by atoms with Gasteiger partial charge in [-0.15, -0.1) is 0 Å². The summed E-state index contributed by atoms with van der Waals surface area (Å²) in [6, 6.07) is 13.9. The van der Waals surface area contributed by atoms with Crippen LogP contribution in [0.1, 0.15) is 11.1 Å². The van der Waals surface area contributed by atoms with Crippen LogP contribution >= 0.6 is 0 Å². The molecule has 0 saturated heterocycles. The molecule has 0 bridgehead atoms. The van der Waals surface area contributed by atoms with E-state index >= 15 is 0 Å². The van der Waals surface area contributed by atoms with Crippen LogP contribution in [0.15, 0.2) is 42.5 Å². The molecule has 0 heterocycles. The number of hydrogen-bond acceptors (Lipinski definition) is 3. The summed E-state index contributed by atoms with van der Waals surface area (Å²) < 4.78 is 24.1. The first-order valence-corrected chi connectivity index (χ1v) is 5.69. The SMILES string of the molecule is COc1c(F)cc(C#N)cc1OCc1ccccc1. The second kappa shape index (κ2) is 5.87. The van der Waals surface area contributed by atoms with Crippen LogP contribution in [-0.4, -0.2) is 7.11 Å². The van der Waals surface area contributed by atoms with Crippen molar-refractivity contribution < 1.29 is 13.9 Å². The topological polar surface area (TPSA) is 42.2 Å². The van der Waals surface area contributed by atoms with Crippen molar-refractivity contribution >= 4 is 0 Å². The summed E-state index contributed by atoms with van der Waals surface area (Å²) in [6.07, 6.45) is 0. The largest absolute Gasteiger partial charge is 0.490 e. The molecule has 0 aliphatic heterocycles. The number of benzene rings is 2. The molecule has 0 radical (unpaired) electrons. The fraction of sp³-hybridized carbons (Fsp3) is 0.133. The maximum Gasteiger partial charge on any atom is 0.196 e. The molecule has 0 amide bonds. The number of halogens is 1. The Bertz CT molecular complexity index is 606. The zero-order chi connectivity index (χ0) is 13.7. The molecule has 0 fully saturated rings. The van der Waals surface area contributed by atoms with Crippen LogP contribution in [0, 0.1) is 17.1 Å². The van der Waals surface area contributed by atoms with E-state index in [9.17, 15) is 4.39 Å². The van der Waals surface area contributed by atoms with Crippen LogP contribution in [0.2, 0.25) is 0 Å². The molecule has 0 N–H and O–H groups in total. The van der Waals surface area contributed by atoms with Crippen LogP contribution in [0.25, 0.3) is 0 Å². The third-order valence-corrected chi connectivity index (χ3v) is 2.58. The van der Waals surface area contributed by atoms with Gasteiger partial charge in [-0.3, -0.25) is 0 Å². The lowest BCUT2D eigenvalue weighted by molar-refractivity contribution is 0.277. The number of nitriles is 1. The first-order valence-electron chi connectivity index (χ1n) is 5.69. The van der Waals surface area contributed by atoms with Gasteiger partial charge in [-0.25, -0.2) is 4.39 Å². The molecule has 2 aromatic rings. The van der Waals surface area contributed by atoms with Crippen molar-refractivity contribution in [1.29, 1.82) is 5.26 Å². The summed E-state index contributed by atoms with van der Waals surface area (Å²) in [6.45, 7) is 0.283. The normalized spacial score (nSPS) is 9.74. The first kappa shape index (κ1) is 12.9. The van der Waals surface area contributed by atoms with E-state index in [2.05, 4.69) is 0 Å². The Hall–Kier alpha value is -2.54. The second-order valence-electron chi connectivity index (χ2n) is 3.88. The number of methoxy groups -OCH3 is 1. The standard InChI is InChI=1S/C15H12FNO2/c1-18-15-13(16)7-12(9-17)8-14(15)19-10-11-5-3-2-4-6-11/h2-8H,10H2,1H3. The van der Waals surface area contributed by atoms with Gasteiger partial charge in [-0.05, 0) is 11.6 Å². The fourth-order valence-corrected chi connectivity index (χ4v) is 1.67. The Morgan fingerprint density at radius 2 is 1.95 bits per heavy atom. The summed E-state index contributed by atoms with van der Waals surface area (Å²) in [5.41, 5.74) is 1.15. The molecule has 2 rings (SSSR count). The third kappa shape index (κ3) is 3.02. The second-order valence-corrected chi connectivity index (χ2v) is 3.88. The Morgan fingerprint density at radius 1 is 1.21 bits per heavy atom. The first-order chi connectivity index (χ1) is 9.24. The van der Waals surface area contributed by atoms with Gasteiger partial charge >= 0.3 is 0 Å². The summed E-state index contributed by atoms with van der Waals surface area (Å²) in [7, 11) is 1.36. The molecular formula is C15H12FNO2. The highest BCUT2D eigenvalue weighted by Gasteiger charge is 2.13. The molecule has 0 aliphatic carbocycles. The van der Waals surface area contributed by atoms with Crippen molar-refractivity contribution in [2.45, 2.75) is 6.61 Å². The number of ether oxygens (including phenoxy) is 2.